The van der Waals surface area contributed by atoms with Gasteiger partial charge in [0.25, 0.3) is 5.91 Å². The highest BCUT2D eigenvalue weighted by Gasteiger charge is 2.28. The summed E-state index contributed by atoms with van der Waals surface area (Å²) in [5, 5.41) is 0. The number of hydrogen-bond donors (Lipinski definition) is 0. The molecule has 0 fully saturated rings. The van der Waals surface area contributed by atoms with Gasteiger partial charge in [0.05, 0.1) is 12.1 Å². The minimum Gasteiger partial charge on any atom is -0.445 e. The molecule has 3 rings (SSSR count). The molecule has 3 heterocycles. The van der Waals surface area contributed by atoms with Crippen molar-refractivity contribution in [1.82, 2.24) is 9.88 Å². The molecule has 0 atom stereocenters. The van der Waals surface area contributed by atoms with Crippen LogP contribution in [0.5, 0.6) is 0 Å². The summed E-state index contributed by atoms with van der Waals surface area (Å²) < 4.78 is 10.8. The van der Waals surface area contributed by atoms with Crippen molar-refractivity contribution < 1.29 is 13.6 Å². The van der Waals surface area contributed by atoms with Gasteiger partial charge in [-0.15, -0.1) is 0 Å². The number of hydrogen-bond acceptors (Lipinski definition) is 5. The smallest absolute Gasteiger partial charge is 0.336 e. The van der Waals surface area contributed by atoms with E-state index in [1.807, 2.05) is 13.8 Å². The lowest BCUT2D eigenvalue weighted by molar-refractivity contribution is 0.0723. The summed E-state index contributed by atoms with van der Waals surface area (Å²) in [6, 6.07) is 1.35. The quantitative estimate of drug-likeness (QED) is 0.851. The van der Waals surface area contributed by atoms with Crippen molar-refractivity contribution in [2.75, 3.05) is 6.54 Å². The molecule has 0 unspecified atom stereocenters. The molecule has 2 aromatic heterocycles. The summed E-state index contributed by atoms with van der Waals surface area (Å²) >= 11 is 0. The van der Waals surface area contributed by atoms with Gasteiger partial charge in [0.1, 0.15) is 17.2 Å². The largest absolute Gasteiger partial charge is 0.445 e. The average molecular weight is 316 g/mol. The predicted octanol–water partition coefficient (Wildman–Crippen LogP) is 2.57. The van der Waals surface area contributed by atoms with Crippen LogP contribution in [-0.2, 0) is 13.0 Å². The maximum Gasteiger partial charge on any atom is 0.336 e. The second kappa shape index (κ2) is 5.68. The number of amides is 1. The Balaban J connectivity index is 1.89. The van der Waals surface area contributed by atoms with Crippen molar-refractivity contribution in [1.29, 1.82) is 0 Å². The molecule has 122 valence electrons. The molecule has 0 spiro atoms. The van der Waals surface area contributed by atoms with Crippen LogP contribution in [0.2, 0.25) is 0 Å². The summed E-state index contributed by atoms with van der Waals surface area (Å²) in [6.45, 7) is 8.43. The Bertz CT molecular complexity index is 790. The van der Waals surface area contributed by atoms with Gasteiger partial charge in [-0.05, 0) is 19.4 Å². The van der Waals surface area contributed by atoms with Crippen LogP contribution in [0, 0.1) is 13.8 Å². The van der Waals surface area contributed by atoms with E-state index in [-0.39, 0.29) is 11.8 Å². The first kappa shape index (κ1) is 15.5. The van der Waals surface area contributed by atoms with E-state index < -0.39 is 5.63 Å². The van der Waals surface area contributed by atoms with E-state index in [1.165, 1.54) is 6.07 Å². The van der Waals surface area contributed by atoms with Gasteiger partial charge in [-0.25, -0.2) is 9.78 Å². The van der Waals surface area contributed by atoms with E-state index in [9.17, 15) is 9.59 Å². The maximum atomic E-state index is 12.8. The van der Waals surface area contributed by atoms with Crippen molar-refractivity contribution in [3.8, 4) is 0 Å². The molecule has 0 aromatic carbocycles. The van der Waals surface area contributed by atoms with Crippen LogP contribution in [0.4, 0.5) is 0 Å². The number of oxazole rings is 1. The fourth-order valence-electron chi connectivity index (χ4n) is 2.87. The minimum atomic E-state index is -0.435. The summed E-state index contributed by atoms with van der Waals surface area (Å²) in [5.74, 6) is 2.02. The summed E-state index contributed by atoms with van der Waals surface area (Å²) in [5.41, 5.74) is 1.48. The molecule has 2 aromatic rings. The lowest BCUT2D eigenvalue weighted by atomic mass is 10.1. The summed E-state index contributed by atoms with van der Waals surface area (Å²) in [4.78, 5) is 30.4. The van der Waals surface area contributed by atoms with Crippen LogP contribution >= 0.6 is 0 Å². The number of fused-ring (bicyclic) bond motifs is 1. The maximum absolute atomic E-state index is 12.8. The van der Waals surface area contributed by atoms with E-state index in [2.05, 4.69) is 4.98 Å². The Kier molecular flexibility index (Phi) is 3.83. The monoisotopic (exact) mass is 316 g/mol. The van der Waals surface area contributed by atoms with Crippen LogP contribution in [-0.4, -0.2) is 22.3 Å². The van der Waals surface area contributed by atoms with Gasteiger partial charge in [0.15, 0.2) is 5.89 Å². The molecule has 0 radical (unpaired) electrons. The molecule has 23 heavy (non-hydrogen) atoms. The molecule has 6 nitrogen and oxygen atoms in total. The first-order valence-corrected chi connectivity index (χ1v) is 7.76. The normalized spacial score (nSPS) is 14.2. The van der Waals surface area contributed by atoms with Gasteiger partial charge in [0, 0.05) is 24.9 Å². The Morgan fingerprint density at radius 2 is 2.04 bits per heavy atom. The van der Waals surface area contributed by atoms with E-state index in [0.717, 1.165) is 11.5 Å². The molecule has 1 amide bonds. The highest BCUT2D eigenvalue weighted by molar-refractivity contribution is 5.96. The van der Waals surface area contributed by atoms with E-state index >= 15 is 0 Å². The second-order valence-corrected chi connectivity index (χ2v) is 6.23. The number of carbonyl (C=O) groups is 1. The molecule has 0 N–H and O–H groups in total. The van der Waals surface area contributed by atoms with E-state index in [1.54, 1.807) is 18.7 Å². The highest BCUT2D eigenvalue weighted by atomic mass is 16.4. The third-order valence-corrected chi connectivity index (χ3v) is 4.07. The third kappa shape index (κ3) is 2.81. The van der Waals surface area contributed by atoms with Gasteiger partial charge >= 0.3 is 5.63 Å². The van der Waals surface area contributed by atoms with Crippen molar-refractivity contribution in [2.24, 2.45) is 0 Å². The SMILES string of the molecule is Cc1cc(=O)oc(C)c1C(=O)N1CCc2oc(C(C)C)nc2C1. The van der Waals surface area contributed by atoms with Gasteiger partial charge in [-0.1, -0.05) is 13.8 Å². The topological polar surface area (TPSA) is 76.6 Å². The van der Waals surface area contributed by atoms with Crippen LogP contribution in [0.1, 0.15) is 58.8 Å². The molecular weight excluding hydrogens is 296 g/mol. The van der Waals surface area contributed by atoms with Crippen LogP contribution in [0.3, 0.4) is 0 Å². The summed E-state index contributed by atoms with van der Waals surface area (Å²) in [6.07, 6.45) is 0.648. The Labute approximate surface area is 134 Å². The van der Waals surface area contributed by atoms with Gasteiger partial charge in [-0.2, -0.15) is 0 Å². The minimum absolute atomic E-state index is 0.136. The second-order valence-electron chi connectivity index (χ2n) is 6.23. The molecular formula is C17H20N2O4. The zero-order valence-electron chi connectivity index (χ0n) is 13.8. The fourth-order valence-corrected chi connectivity index (χ4v) is 2.87. The summed E-state index contributed by atoms with van der Waals surface area (Å²) in [7, 11) is 0. The molecule has 0 aliphatic carbocycles. The van der Waals surface area contributed by atoms with Crippen molar-refractivity contribution in [3.05, 3.63) is 50.7 Å². The Morgan fingerprint density at radius 1 is 1.30 bits per heavy atom. The number of nitrogens with zero attached hydrogens (tertiary/aromatic N) is 2. The number of rotatable bonds is 2. The highest BCUT2D eigenvalue weighted by Crippen LogP contribution is 2.25. The van der Waals surface area contributed by atoms with Gasteiger partial charge in [-0.3, -0.25) is 4.79 Å². The van der Waals surface area contributed by atoms with Gasteiger partial charge < -0.3 is 13.7 Å². The van der Waals surface area contributed by atoms with Crippen molar-refractivity contribution >= 4 is 5.91 Å². The standard InChI is InChI=1S/C17H20N2O4/c1-9(2)16-18-12-8-19(6-5-13(12)23-16)17(21)15-10(3)7-14(20)22-11(15)4/h7,9H,5-6,8H2,1-4H3. The van der Waals surface area contributed by atoms with E-state index in [4.69, 9.17) is 8.83 Å². The lowest BCUT2D eigenvalue weighted by Crippen LogP contribution is -2.36. The molecule has 0 saturated heterocycles. The zero-order chi connectivity index (χ0) is 16.7. The first-order chi connectivity index (χ1) is 10.9. The third-order valence-electron chi connectivity index (χ3n) is 4.07. The molecule has 1 aliphatic heterocycles. The molecule has 1 aliphatic rings. The van der Waals surface area contributed by atoms with Crippen molar-refractivity contribution in [2.45, 2.75) is 46.6 Å². The average Bonchev–Trinajstić information content (AvgIpc) is 2.89. The van der Waals surface area contributed by atoms with Crippen LogP contribution in [0.25, 0.3) is 0 Å². The lowest BCUT2D eigenvalue weighted by Gasteiger charge is -2.26. The van der Waals surface area contributed by atoms with Gasteiger partial charge in [0.2, 0.25) is 0 Å². The Hall–Kier alpha value is -2.37. The fraction of sp³-hybridized carbons (Fsp3) is 0.471. The molecule has 0 bridgehead atoms. The molecule has 6 heteroatoms. The number of aromatic nitrogens is 1. The molecule has 0 saturated carbocycles. The van der Waals surface area contributed by atoms with Crippen molar-refractivity contribution in [3.63, 3.8) is 0 Å². The van der Waals surface area contributed by atoms with Crippen LogP contribution in [0.15, 0.2) is 19.7 Å². The Morgan fingerprint density at radius 3 is 2.70 bits per heavy atom. The van der Waals surface area contributed by atoms with E-state index in [0.29, 0.717) is 42.3 Å². The number of aryl methyl sites for hydroxylation is 2. The predicted molar refractivity (Wildman–Crippen MR) is 83.5 cm³/mol. The first-order valence-electron chi connectivity index (χ1n) is 7.76. The number of carbonyl (C=O) groups excluding carboxylic acids is 1. The van der Waals surface area contributed by atoms with Crippen LogP contribution < -0.4 is 5.63 Å². The zero-order valence-corrected chi connectivity index (χ0v) is 13.8.